The number of ether oxygens (including phenoxy) is 3. The van der Waals surface area contributed by atoms with Gasteiger partial charge in [-0.3, -0.25) is 9.59 Å². The first-order chi connectivity index (χ1) is 17.5. The molecule has 1 fully saturated rings. The van der Waals surface area contributed by atoms with E-state index < -0.39 is 6.04 Å². The number of Topliss-reactive ketones (excluding diaryl/α,β-unsaturated/α-hetero) is 1. The van der Waals surface area contributed by atoms with Crippen LogP contribution >= 0.6 is 0 Å². The number of hydrogen-bond donors (Lipinski definition) is 0. The van der Waals surface area contributed by atoms with Gasteiger partial charge in [0.1, 0.15) is 18.5 Å². The number of ketones is 1. The molecular formula is C30H35NO5. The van der Waals surface area contributed by atoms with Crippen molar-refractivity contribution in [3.05, 3.63) is 77.1 Å². The summed E-state index contributed by atoms with van der Waals surface area (Å²) in [6.07, 6.45) is 4.35. The van der Waals surface area contributed by atoms with Gasteiger partial charge >= 0.3 is 0 Å². The monoisotopic (exact) mass is 489 g/mol. The Morgan fingerprint density at radius 2 is 1.83 bits per heavy atom. The number of fused-ring (bicyclic) bond motifs is 1. The molecule has 0 saturated heterocycles. The molecule has 1 aliphatic carbocycles. The van der Waals surface area contributed by atoms with Crippen LogP contribution in [-0.2, 0) is 25.7 Å². The molecule has 190 valence electrons. The molecule has 0 aromatic heterocycles. The lowest BCUT2D eigenvalue weighted by Gasteiger charge is -2.35. The fourth-order valence-corrected chi connectivity index (χ4v) is 5.54. The van der Waals surface area contributed by atoms with Crippen molar-refractivity contribution in [3.8, 4) is 5.75 Å². The van der Waals surface area contributed by atoms with Gasteiger partial charge in [-0.2, -0.15) is 0 Å². The molecule has 3 atom stereocenters. The van der Waals surface area contributed by atoms with Gasteiger partial charge in [-0.05, 0) is 62.8 Å². The maximum atomic E-state index is 13.8. The third kappa shape index (κ3) is 5.05. The van der Waals surface area contributed by atoms with E-state index in [1.807, 2.05) is 68.4 Å². The molecule has 5 rings (SSSR count). The molecule has 3 aliphatic rings. The lowest BCUT2D eigenvalue weighted by molar-refractivity contribution is -0.135. The van der Waals surface area contributed by atoms with Crippen molar-refractivity contribution in [2.24, 2.45) is 5.92 Å². The van der Waals surface area contributed by atoms with Crippen molar-refractivity contribution in [2.45, 2.75) is 70.8 Å². The highest BCUT2D eigenvalue weighted by molar-refractivity contribution is 6.11. The number of carbonyl (C=O) groups is 2. The highest BCUT2D eigenvalue weighted by Crippen LogP contribution is 2.47. The van der Waals surface area contributed by atoms with Crippen LogP contribution in [0.5, 0.6) is 5.75 Å². The molecule has 6 heteroatoms. The number of carbonyl (C=O) groups excluding carboxylic acids is 2. The van der Waals surface area contributed by atoms with Gasteiger partial charge in [0.25, 0.3) is 5.91 Å². The summed E-state index contributed by atoms with van der Waals surface area (Å²) in [5, 5.41) is 0. The quantitative estimate of drug-likeness (QED) is 0.443. The number of rotatable bonds is 9. The minimum absolute atomic E-state index is 0.0795. The number of amides is 1. The van der Waals surface area contributed by atoms with Gasteiger partial charge in [0, 0.05) is 13.2 Å². The summed E-state index contributed by atoms with van der Waals surface area (Å²) in [4.78, 5) is 29.1. The van der Waals surface area contributed by atoms with Crippen molar-refractivity contribution in [3.63, 3.8) is 0 Å². The summed E-state index contributed by atoms with van der Waals surface area (Å²) in [6.45, 7) is 5.49. The Labute approximate surface area is 213 Å². The van der Waals surface area contributed by atoms with E-state index in [0.29, 0.717) is 37.5 Å². The van der Waals surface area contributed by atoms with Gasteiger partial charge in [-0.15, -0.1) is 0 Å². The maximum absolute atomic E-state index is 13.8. The Morgan fingerprint density at radius 3 is 2.64 bits per heavy atom. The summed E-state index contributed by atoms with van der Waals surface area (Å²) in [6, 6.07) is 17.3. The van der Waals surface area contributed by atoms with Gasteiger partial charge in [0.15, 0.2) is 11.5 Å². The fourth-order valence-electron chi connectivity index (χ4n) is 5.54. The molecule has 2 aromatic rings. The summed E-state index contributed by atoms with van der Waals surface area (Å²) in [7, 11) is 0. The van der Waals surface area contributed by atoms with Crippen LogP contribution in [0.15, 0.2) is 65.9 Å². The number of hydrogen-bond acceptors (Lipinski definition) is 5. The maximum Gasteiger partial charge on any atom is 0.290 e. The summed E-state index contributed by atoms with van der Waals surface area (Å²) in [5.41, 5.74) is 2.47. The molecule has 3 unspecified atom stereocenters. The Kier molecular flexibility index (Phi) is 7.42. The molecule has 6 nitrogen and oxygen atoms in total. The summed E-state index contributed by atoms with van der Waals surface area (Å²) in [5.74, 6) is 0.701. The molecule has 2 aliphatic heterocycles. The molecule has 2 heterocycles. The second kappa shape index (κ2) is 10.9. The minimum Gasteiger partial charge on any atom is -0.489 e. The van der Waals surface area contributed by atoms with Crippen molar-refractivity contribution in [2.75, 3.05) is 13.2 Å². The standard InChI is InChI=1S/C30H35NO5/c1-20(2)34-17-9-16-31-27(22-12-8-13-23(18-22)35-19-21-10-4-3-5-11-21)26-28(32)24-14-6-7-15-25(24)36-29(26)30(31)33/h3-5,8,10-13,18,20,24-25,27H,6-7,9,14-17,19H2,1-2H3. The minimum atomic E-state index is -0.470. The Bertz CT molecular complexity index is 1130. The molecule has 0 spiro atoms. The summed E-state index contributed by atoms with van der Waals surface area (Å²) < 4.78 is 18.1. The van der Waals surface area contributed by atoms with Crippen LogP contribution in [0.3, 0.4) is 0 Å². The SMILES string of the molecule is CC(C)OCCCN1C(=O)C2=C(C(=O)C3CCCCC3O2)C1c1cccc(OCc2ccccc2)c1. The van der Waals surface area contributed by atoms with E-state index in [2.05, 4.69) is 0 Å². The van der Waals surface area contributed by atoms with Crippen molar-refractivity contribution >= 4 is 11.7 Å². The lowest BCUT2D eigenvalue weighted by atomic mass is 9.77. The molecule has 36 heavy (non-hydrogen) atoms. The van der Waals surface area contributed by atoms with Gasteiger partial charge in [-0.1, -0.05) is 48.9 Å². The average Bonchev–Trinajstić information content (AvgIpc) is 3.18. The number of benzene rings is 2. The van der Waals surface area contributed by atoms with Gasteiger partial charge in [-0.25, -0.2) is 0 Å². The van der Waals surface area contributed by atoms with Crippen molar-refractivity contribution in [1.82, 2.24) is 4.90 Å². The van der Waals surface area contributed by atoms with Gasteiger partial charge in [0.05, 0.1) is 23.6 Å². The topological polar surface area (TPSA) is 65.1 Å². The van der Waals surface area contributed by atoms with Crippen LogP contribution < -0.4 is 4.74 Å². The Morgan fingerprint density at radius 1 is 1.03 bits per heavy atom. The Balaban J connectivity index is 1.43. The van der Waals surface area contributed by atoms with E-state index in [0.717, 1.165) is 36.8 Å². The molecule has 1 amide bonds. The van der Waals surface area contributed by atoms with Crippen molar-refractivity contribution < 1.29 is 23.8 Å². The third-order valence-electron chi connectivity index (χ3n) is 7.28. The molecule has 2 aromatic carbocycles. The van der Waals surface area contributed by atoms with E-state index >= 15 is 0 Å². The van der Waals surface area contributed by atoms with Crippen LogP contribution in [0.25, 0.3) is 0 Å². The van der Waals surface area contributed by atoms with Crippen LogP contribution in [0.4, 0.5) is 0 Å². The highest BCUT2D eigenvalue weighted by atomic mass is 16.5. The fraction of sp³-hybridized carbons (Fsp3) is 0.467. The lowest BCUT2D eigenvalue weighted by Crippen LogP contribution is -2.39. The number of nitrogens with zero attached hydrogens (tertiary/aromatic N) is 1. The zero-order valence-corrected chi connectivity index (χ0v) is 21.2. The van der Waals surface area contributed by atoms with E-state index in [1.165, 1.54) is 0 Å². The van der Waals surface area contributed by atoms with Crippen LogP contribution in [0.1, 0.15) is 63.1 Å². The van der Waals surface area contributed by atoms with Crippen LogP contribution in [0, 0.1) is 5.92 Å². The third-order valence-corrected chi connectivity index (χ3v) is 7.28. The summed E-state index contributed by atoms with van der Waals surface area (Å²) >= 11 is 0. The zero-order valence-electron chi connectivity index (χ0n) is 21.2. The normalized spacial score (nSPS) is 23.5. The van der Waals surface area contributed by atoms with E-state index in [1.54, 1.807) is 4.90 Å². The van der Waals surface area contributed by atoms with E-state index in [4.69, 9.17) is 14.2 Å². The smallest absolute Gasteiger partial charge is 0.290 e. The first-order valence-electron chi connectivity index (χ1n) is 13.2. The molecule has 0 bridgehead atoms. The highest BCUT2D eigenvalue weighted by Gasteiger charge is 2.51. The Hall–Kier alpha value is -3.12. The largest absolute Gasteiger partial charge is 0.489 e. The first-order valence-corrected chi connectivity index (χ1v) is 13.2. The molecule has 0 N–H and O–H groups in total. The van der Waals surface area contributed by atoms with E-state index in [9.17, 15) is 9.59 Å². The van der Waals surface area contributed by atoms with Crippen molar-refractivity contribution in [1.29, 1.82) is 0 Å². The average molecular weight is 490 g/mol. The molecule has 1 saturated carbocycles. The van der Waals surface area contributed by atoms with Crippen LogP contribution in [-0.4, -0.2) is 41.9 Å². The second-order valence-electron chi connectivity index (χ2n) is 10.2. The van der Waals surface area contributed by atoms with Gasteiger partial charge in [0.2, 0.25) is 0 Å². The second-order valence-corrected chi connectivity index (χ2v) is 10.2. The molecular weight excluding hydrogens is 454 g/mol. The van der Waals surface area contributed by atoms with Crippen LogP contribution in [0.2, 0.25) is 0 Å². The predicted molar refractivity (Wildman–Crippen MR) is 136 cm³/mol. The zero-order chi connectivity index (χ0) is 25.1. The first kappa shape index (κ1) is 24.6. The molecule has 0 radical (unpaired) electrons. The van der Waals surface area contributed by atoms with E-state index in [-0.39, 0.29) is 35.6 Å². The van der Waals surface area contributed by atoms with Gasteiger partial charge < -0.3 is 19.1 Å². The predicted octanol–water partition coefficient (Wildman–Crippen LogP) is 5.38.